The fraction of sp³-hybridized carbons (Fsp3) is 0.160. The van der Waals surface area contributed by atoms with Crippen LogP contribution >= 0.6 is 0 Å². The largest absolute Gasteiger partial charge is 0.485 e. The Morgan fingerprint density at radius 2 is 1.94 bits per heavy atom. The fourth-order valence-electron chi connectivity index (χ4n) is 3.70. The number of fused-ring (bicyclic) bond motifs is 1. The van der Waals surface area contributed by atoms with Gasteiger partial charge in [-0.3, -0.25) is 9.69 Å². The summed E-state index contributed by atoms with van der Waals surface area (Å²) in [4.78, 5) is 16.9. The van der Waals surface area contributed by atoms with Crippen LogP contribution in [0.1, 0.15) is 35.3 Å². The van der Waals surface area contributed by atoms with Gasteiger partial charge in [-0.2, -0.15) is 5.26 Å². The van der Waals surface area contributed by atoms with Gasteiger partial charge in [0.25, 0.3) is 0 Å². The minimum atomic E-state index is -0.379. The molecule has 0 fully saturated rings. The topological polar surface area (TPSA) is 91.7 Å². The number of carbonyl (C=O) groups is 1. The monoisotopic (exact) mass is 428 g/mol. The summed E-state index contributed by atoms with van der Waals surface area (Å²) in [5.41, 5.74) is 10.0. The maximum atomic E-state index is 13.4. The molecule has 0 saturated carbocycles. The Morgan fingerprint density at radius 3 is 2.66 bits per heavy atom. The molecule has 0 saturated heterocycles. The number of guanidine groups is 1. The van der Waals surface area contributed by atoms with Crippen molar-refractivity contribution < 1.29 is 13.9 Å². The van der Waals surface area contributed by atoms with E-state index in [1.165, 1.54) is 24.1 Å². The summed E-state index contributed by atoms with van der Waals surface area (Å²) >= 11 is 0. The molecule has 160 valence electrons. The third-order valence-corrected chi connectivity index (χ3v) is 5.45. The fourth-order valence-corrected chi connectivity index (χ4v) is 3.70. The molecule has 1 amide bonds. The number of benzene rings is 3. The smallest absolute Gasteiger partial charge is 0.216 e. The van der Waals surface area contributed by atoms with Crippen LogP contribution in [0.2, 0.25) is 0 Å². The molecule has 3 aromatic carbocycles. The molecule has 2 atom stereocenters. The van der Waals surface area contributed by atoms with Gasteiger partial charge < -0.3 is 10.5 Å². The zero-order valence-corrected chi connectivity index (χ0v) is 17.4. The van der Waals surface area contributed by atoms with Crippen LogP contribution in [-0.4, -0.2) is 24.3 Å². The molecule has 0 aliphatic carbocycles. The van der Waals surface area contributed by atoms with Crippen LogP contribution in [0.25, 0.3) is 11.1 Å². The van der Waals surface area contributed by atoms with Crippen LogP contribution in [0, 0.1) is 17.1 Å². The molecule has 32 heavy (non-hydrogen) atoms. The molecule has 1 aliphatic rings. The number of nitriles is 1. The van der Waals surface area contributed by atoms with Crippen LogP contribution in [0.3, 0.4) is 0 Å². The van der Waals surface area contributed by atoms with E-state index in [4.69, 9.17) is 10.5 Å². The lowest BCUT2D eigenvalue weighted by molar-refractivity contribution is -0.114. The predicted octanol–water partition coefficient (Wildman–Crippen LogP) is 4.33. The van der Waals surface area contributed by atoms with Crippen molar-refractivity contribution in [3.05, 3.63) is 89.2 Å². The van der Waals surface area contributed by atoms with Crippen LogP contribution in [0.5, 0.6) is 5.75 Å². The molecule has 1 aliphatic heterocycles. The van der Waals surface area contributed by atoms with Crippen molar-refractivity contribution in [1.82, 2.24) is 4.90 Å². The normalized spacial score (nSPS) is 17.6. The van der Waals surface area contributed by atoms with E-state index in [0.717, 1.165) is 22.3 Å². The summed E-state index contributed by atoms with van der Waals surface area (Å²) in [5, 5.41) is 9.21. The molecule has 6 nitrogen and oxygen atoms in total. The second-order valence-electron chi connectivity index (χ2n) is 7.56. The molecular weight excluding hydrogens is 407 g/mol. The maximum Gasteiger partial charge on any atom is 0.216 e. The van der Waals surface area contributed by atoms with Gasteiger partial charge in [0.2, 0.25) is 6.41 Å². The first-order chi connectivity index (χ1) is 15.5. The lowest BCUT2D eigenvalue weighted by Crippen LogP contribution is -2.33. The highest BCUT2D eigenvalue weighted by molar-refractivity contribution is 5.87. The molecule has 7 heteroatoms. The Bertz CT molecular complexity index is 1220. The first-order valence-electron chi connectivity index (χ1n) is 10.1. The number of halogens is 1. The standard InChI is InChI=1S/C25H21FN4O2/c1-30(15-31)25(28)29-22-13-24(17-5-8-20(26)9-6-17)32-23-10-7-19(12-21(22)23)18-4-2-3-16(11-18)14-27/h2-12,15,22,24H,13H2,1H3,(H2,28,29). The van der Waals surface area contributed by atoms with Gasteiger partial charge in [0.05, 0.1) is 17.7 Å². The highest BCUT2D eigenvalue weighted by atomic mass is 19.1. The van der Waals surface area contributed by atoms with Gasteiger partial charge in [-0.1, -0.05) is 30.3 Å². The maximum absolute atomic E-state index is 13.4. The Hall–Kier alpha value is -4.18. The van der Waals surface area contributed by atoms with Gasteiger partial charge in [-0.15, -0.1) is 0 Å². The van der Waals surface area contributed by atoms with Gasteiger partial charge in [-0.25, -0.2) is 9.38 Å². The molecule has 1 heterocycles. The molecule has 0 radical (unpaired) electrons. The second kappa shape index (κ2) is 8.90. The summed E-state index contributed by atoms with van der Waals surface area (Å²) < 4.78 is 19.6. The van der Waals surface area contributed by atoms with Gasteiger partial charge in [0.1, 0.15) is 17.7 Å². The van der Waals surface area contributed by atoms with Crippen molar-refractivity contribution >= 4 is 12.4 Å². The van der Waals surface area contributed by atoms with Crippen molar-refractivity contribution in [3.63, 3.8) is 0 Å². The summed E-state index contributed by atoms with van der Waals surface area (Å²) in [5.74, 6) is 0.411. The van der Waals surface area contributed by atoms with E-state index in [1.54, 1.807) is 18.2 Å². The van der Waals surface area contributed by atoms with E-state index in [-0.39, 0.29) is 23.9 Å². The van der Waals surface area contributed by atoms with E-state index in [2.05, 4.69) is 11.1 Å². The third-order valence-electron chi connectivity index (χ3n) is 5.45. The van der Waals surface area contributed by atoms with E-state index >= 15 is 0 Å². The quantitative estimate of drug-likeness (QED) is 0.380. The van der Waals surface area contributed by atoms with Crippen LogP contribution < -0.4 is 10.5 Å². The van der Waals surface area contributed by atoms with Crippen molar-refractivity contribution in [3.8, 4) is 22.9 Å². The van der Waals surface area contributed by atoms with E-state index in [0.29, 0.717) is 24.1 Å². The summed E-state index contributed by atoms with van der Waals surface area (Å²) in [6.07, 6.45) is 0.715. The zero-order valence-electron chi connectivity index (χ0n) is 17.4. The van der Waals surface area contributed by atoms with Gasteiger partial charge in [-0.05, 0) is 53.1 Å². The minimum Gasteiger partial charge on any atom is -0.485 e. The number of nitrogens with zero attached hydrogens (tertiary/aromatic N) is 3. The Kier molecular flexibility index (Phi) is 5.86. The highest BCUT2D eigenvalue weighted by Gasteiger charge is 2.30. The Morgan fingerprint density at radius 1 is 1.19 bits per heavy atom. The molecule has 2 N–H and O–H groups in total. The Labute approximate surface area is 185 Å². The number of hydrogen-bond acceptors (Lipinski definition) is 4. The molecular formula is C25H21FN4O2. The van der Waals surface area contributed by atoms with E-state index in [9.17, 15) is 14.4 Å². The van der Waals surface area contributed by atoms with Crippen LogP contribution in [0.15, 0.2) is 71.7 Å². The van der Waals surface area contributed by atoms with Gasteiger partial charge in [0.15, 0.2) is 5.96 Å². The minimum absolute atomic E-state index is 0.0904. The number of aliphatic imine (C=N–C) groups is 1. The average Bonchev–Trinajstić information content (AvgIpc) is 2.83. The zero-order chi connectivity index (χ0) is 22.7. The highest BCUT2D eigenvalue weighted by Crippen LogP contribution is 2.44. The molecule has 0 aromatic heterocycles. The number of nitrogens with two attached hydrogens (primary N) is 1. The molecule has 0 bridgehead atoms. The molecule has 2 unspecified atom stereocenters. The number of carbonyl (C=O) groups excluding carboxylic acids is 1. The molecule has 0 spiro atoms. The van der Waals surface area contributed by atoms with Crippen molar-refractivity contribution in [2.24, 2.45) is 10.7 Å². The third kappa shape index (κ3) is 4.30. The number of hydrogen-bond donors (Lipinski definition) is 1. The van der Waals surface area contributed by atoms with Crippen molar-refractivity contribution in [2.75, 3.05) is 7.05 Å². The average molecular weight is 428 g/mol. The summed E-state index contributed by atoms with van der Waals surface area (Å²) in [6, 6.07) is 21.0. The van der Waals surface area contributed by atoms with E-state index < -0.39 is 0 Å². The summed E-state index contributed by atoms with van der Waals surface area (Å²) in [6.45, 7) is 0. The van der Waals surface area contributed by atoms with Crippen molar-refractivity contribution in [2.45, 2.75) is 18.6 Å². The van der Waals surface area contributed by atoms with E-state index in [1.807, 2.05) is 36.4 Å². The number of ether oxygens (including phenoxy) is 1. The first kappa shape index (κ1) is 21.1. The SMILES string of the molecule is CN(C=O)C(N)=NC1CC(c2ccc(F)cc2)Oc2ccc(-c3cccc(C#N)c3)cc21. The lowest BCUT2D eigenvalue weighted by Gasteiger charge is -2.31. The second-order valence-corrected chi connectivity index (χ2v) is 7.56. The first-order valence-corrected chi connectivity index (χ1v) is 10.1. The van der Waals surface area contributed by atoms with Crippen LogP contribution in [-0.2, 0) is 4.79 Å². The molecule has 4 rings (SSSR count). The number of amides is 1. The number of rotatable bonds is 4. The lowest BCUT2D eigenvalue weighted by atomic mass is 9.91. The molecule has 3 aromatic rings. The van der Waals surface area contributed by atoms with Crippen molar-refractivity contribution in [1.29, 1.82) is 5.26 Å². The van der Waals surface area contributed by atoms with Gasteiger partial charge in [0, 0.05) is 19.0 Å². The Balaban J connectivity index is 1.77. The van der Waals surface area contributed by atoms with Crippen LogP contribution in [0.4, 0.5) is 4.39 Å². The summed E-state index contributed by atoms with van der Waals surface area (Å²) in [7, 11) is 1.54. The van der Waals surface area contributed by atoms with Gasteiger partial charge >= 0.3 is 0 Å². The predicted molar refractivity (Wildman–Crippen MR) is 119 cm³/mol.